The molecule has 0 bridgehead atoms. The number of benzene rings is 1. The first kappa shape index (κ1) is 42.8. The van der Waals surface area contributed by atoms with Crippen LogP contribution in [-0.2, 0) is 24.8 Å². The van der Waals surface area contributed by atoms with Gasteiger partial charge in [0.15, 0.2) is 0 Å². The van der Waals surface area contributed by atoms with Crippen molar-refractivity contribution < 1.29 is 32.5 Å². The maximum atomic E-state index is 12.5. The van der Waals surface area contributed by atoms with Gasteiger partial charge in [0.05, 0.1) is 47.0 Å². The summed E-state index contributed by atoms with van der Waals surface area (Å²) in [6.45, 7) is 8.80. The topological polar surface area (TPSA) is 82.1 Å². The maximum absolute atomic E-state index is 12.5. The fourth-order valence-electron chi connectivity index (χ4n) is 5.77. The van der Waals surface area contributed by atoms with E-state index >= 15 is 0 Å². The quantitative estimate of drug-likeness (QED) is 0.0467. The van der Waals surface area contributed by atoms with E-state index in [-0.39, 0.29) is 31.3 Å². The average Bonchev–Trinajstić information content (AvgIpc) is 3.01. The number of Topliss-reactive ketones (excluding diaryl/α,β-unsaturated/α-hetero) is 1. The van der Waals surface area contributed by atoms with Crippen LogP contribution in [0.5, 0.6) is 5.75 Å². The fourth-order valence-corrected chi connectivity index (χ4v) is 6.60. The van der Waals surface area contributed by atoms with E-state index in [1.54, 1.807) is 0 Å². The number of para-hydroxylation sites is 1. The van der Waals surface area contributed by atoms with Crippen molar-refractivity contribution in [3.8, 4) is 5.75 Å². The number of ketones is 1. The number of nitrogens with zero attached hydrogens (tertiary/aromatic N) is 1. The van der Waals surface area contributed by atoms with Crippen molar-refractivity contribution >= 4 is 13.6 Å². The SMILES string of the molecule is CCCCCCCCCCCCCCCCCCOc1ccccc1CC(COP(=O)(O)OCCCC[N+](C)(C)CC)CC(C)=O. The van der Waals surface area contributed by atoms with Crippen LogP contribution < -0.4 is 4.74 Å². The zero-order valence-corrected chi connectivity index (χ0v) is 31.3. The van der Waals surface area contributed by atoms with Crippen molar-refractivity contribution in [2.45, 2.75) is 149 Å². The normalized spacial score (nSPS) is 13.9. The van der Waals surface area contributed by atoms with Gasteiger partial charge in [-0.1, -0.05) is 121 Å². The van der Waals surface area contributed by atoms with Crippen LogP contribution in [-0.4, -0.2) is 62.2 Å². The molecule has 0 aliphatic carbocycles. The monoisotopic (exact) mass is 669 g/mol. The minimum atomic E-state index is -4.19. The molecule has 0 saturated carbocycles. The lowest BCUT2D eigenvalue weighted by Gasteiger charge is -2.28. The standard InChI is InChI=1S/C38H70NO6P/c1-6-8-9-10-11-12-13-14-15-16-17-18-19-20-21-25-30-43-38-28-23-22-27-37(38)33-36(32-35(3)40)34-45-46(41,42)44-31-26-24-29-39(4,5)7-2/h22-23,27-28,36H,6-21,24-26,29-34H2,1-5H3/p+1. The van der Waals surface area contributed by atoms with E-state index in [4.69, 9.17) is 13.8 Å². The van der Waals surface area contributed by atoms with Gasteiger partial charge in [0.2, 0.25) is 0 Å². The van der Waals surface area contributed by atoms with Gasteiger partial charge in [0.1, 0.15) is 11.5 Å². The summed E-state index contributed by atoms with van der Waals surface area (Å²) in [6.07, 6.45) is 23.8. The van der Waals surface area contributed by atoms with Crippen LogP contribution in [0.1, 0.15) is 148 Å². The number of carbonyl (C=O) groups is 1. The lowest BCUT2D eigenvalue weighted by Crippen LogP contribution is -2.39. The highest BCUT2D eigenvalue weighted by molar-refractivity contribution is 7.47. The summed E-state index contributed by atoms with van der Waals surface area (Å²) in [5.74, 6) is 0.587. The van der Waals surface area contributed by atoms with Gasteiger partial charge in [-0.25, -0.2) is 4.57 Å². The summed E-state index contributed by atoms with van der Waals surface area (Å²) >= 11 is 0. The van der Waals surface area contributed by atoms with E-state index in [0.29, 0.717) is 19.4 Å². The summed E-state index contributed by atoms with van der Waals surface area (Å²) < 4.78 is 30.2. The Labute approximate surface area is 283 Å². The van der Waals surface area contributed by atoms with Crippen molar-refractivity contribution in [1.82, 2.24) is 0 Å². The van der Waals surface area contributed by atoms with E-state index in [0.717, 1.165) is 41.7 Å². The Morgan fingerprint density at radius 1 is 0.761 bits per heavy atom. The van der Waals surface area contributed by atoms with Gasteiger partial charge < -0.3 is 18.9 Å². The van der Waals surface area contributed by atoms with E-state index in [1.807, 2.05) is 24.3 Å². The molecule has 0 heterocycles. The van der Waals surface area contributed by atoms with Gasteiger partial charge in [-0.15, -0.1) is 0 Å². The molecule has 0 amide bonds. The first-order chi connectivity index (χ1) is 22.1. The summed E-state index contributed by atoms with van der Waals surface area (Å²) in [5.41, 5.74) is 0.985. The first-order valence-electron chi connectivity index (χ1n) is 18.7. The van der Waals surface area contributed by atoms with Crippen molar-refractivity contribution in [2.75, 3.05) is 47.0 Å². The second-order valence-corrected chi connectivity index (χ2v) is 15.5. The number of hydrogen-bond donors (Lipinski definition) is 1. The number of carbonyl (C=O) groups excluding carboxylic acids is 1. The van der Waals surface area contributed by atoms with Gasteiger partial charge in [-0.2, -0.15) is 0 Å². The van der Waals surface area contributed by atoms with Gasteiger partial charge in [0, 0.05) is 6.42 Å². The van der Waals surface area contributed by atoms with Crippen LogP contribution in [0.4, 0.5) is 0 Å². The fraction of sp³-hybridized carbons (Fsp3) is 0.816. The Bertz CT molecular complexity index is 940. The summed E-state index contributed by atoms with van der Waals surface area (Å²) in [5, 5.41) is 0. The Balaban J connectivity index is 2.29. The number of ether oxygens (including phenoxy) is 1. The third kappa shape index (κ3) is 24.0. The molecule has 0 fully saturated rings. The molecule has 0 spiro atoms. The van der Waals surface area contributed by atoms with Crippen LogP contribution >= 0.6 is 7.82 Å². The lowest BCUT2D eigenvalue weighted by atomic mass is 9.95. The number of unbranched alkanes of at least 4 members (excludes halogenated alkanes) is 16. The molecule has 46 heavy (non-hydrogen) atoms. The maximum Gasteiger partial charge on any atom is 0.472 e. The van der Waals surface area contributed by atoms with Crippen LogP contribution in [0.3, 0.4) is 0 Å². The number of rotatable bonds is 32. The van der Waals surface area contributed by atoms with E-state index in [1.165, 1.54) is 103 Å². The average molecular weight is 669 g/mol. The molecule has 1 aromatic rings. The predicted octanol–water partition coefficient (Wildman–Crippen LogP) is 10.5. The zero-order chi connectivity index (χ0) is 33.9. The minimum Gasteiger partial charge on any atom is -0.493 e. The Morgan fingerprint density at radius 2 is 1.28 bits per heavy atom. The molecular weight excluding hydrogens is 597 g/mol. The molecule has 8 heteroatoms. The second kappa shape index (κ2) is 26.7. The molecule has 0 radical (unpaired) electrons. The number of phosphoric ester groups is 1. The number of phosphoric acid groups is 1. The van der Waals surface area contributed by atoms with Crippen molar-refractivity contribution in [3.05, 3.63) is 29.8 Å². The summed E-state index contributed by atoms with van der Waals surface area (Å²) in [4.78, 5) is 22.2. The molecule has 7 nitrogen and oxygen atoms in total. The highest BCUT2D eigenvalue weighted by Crippen LogP contribution is 2.44. The molecule has 0 aliphatic rings. The molecule has 2 unspecified atom stereocenters. The van der Waals surface area contributed by atoms with E-state index in [9.17, 15) is 14.3 Å². The molecule has 1 rings (SSSR count). The van der Waals surface area contributed by atoms with Crippen LogP contribution in [0, 0.1) is 5.92 Å². The predicted molar refractivity (Wildman–Crippen MR) is 192 cm³/mol. The summed E-state index contributed by atoms with van der Waals surface area (Å²) in [7, 11) is 0.145. The minimum absolute atomic E-state index is 0.0190. The van der Waals surface area contributed by atoms with Crippen LogP contribution in [0.2, 0.25) is 0 Å². The molecule has 0 aromatic heterocycles. The van der Waals surface area contributed by atoms with Gasteiger partial charge in [-0.3, -0.25) is 9.05 Å². The molecule has 268 valence electrons. The highest BCUT2D eigenvalue weighted by Gasteiger charge is 2.25. The Hall–Kier alpha value is -1.24. The van der Waals surface area contributed by atoms with Crippen molar-refractivity contribution in [2.24, 2.45) is 5.92 Å². The largest absolute Gasteiger partial charge is 0.493 e. The Kier molecular flexibility index (Phi) is 24.8. The van der Waals surface area contributed by atoms with E-state index in [2.05, 4.69) is 27.9 Å². The van der Waals surface area contributed by atoms with Crippen LogP contribution in [0.15, 0.2) is 24.3 Å². The Morgan fingerprint density at radius 3 is 1.83 bits per heavy atom. The first-order valence-corrected chi connectivity index (χ1v) is 20.2. The van der Waals surface area contributed by atoms with Crippen LogP contribution in [0.25, 0.3) is 0 Å². The van der Waals surface area contributed by atoms with Gasteiger partial charge in [0.25, 0.3) is 0 Å². The zero-order valence-electron chi connectivity index (χ0n) is 30.4. The third-order valence-electron chi connectivity index (χ3n) is 9.05. The molecule has 0 saturated heterocycles. The van der Waals surface area contributed by atoms with Gasteiger partial charge in [-0.05, 0) is 57.1 Å². The lowest BCUT2D eigenvalue weighted by molar-refractivity contribution is -0.888. The van der Waals surface area contributed by atoms with Crippen molar-refractivity contribution in [3.63, 3.8) is 0 Å². The molecule has 2 atom stereocenters. The van der Waals surface area contributed by atoms with E-state index < -0.39 is 7.82 Å². The smallest absolute Gasteiger partial charge is 0.472 e. The highest BCUT2D eigenvalue weighted by atomic mass is 31.2. The molecule has 1 aromatic carbocycles. The summed E-state index contributed by atoms with van der Waals surface area (Å²) in [6, 6.07) is 7.88. The number of quaternary nitrogens is 1. The molecular formula is C38H71NO6P+. The van der Waals surface area contributed by atoms with Crippen molar-refractivity contribution in [1.29, 1.82) is 0 Å². The van der Waals surface area contributed by atoms with Gasteiger partial charge >= 0.3 is 7.82 Å². The number of hydrogen-bond acceptors (Lipinski definition) is 5. The second-order valence-electron chi connectivity index (χ2n) is 14.0. The molecule has 1 N–H and O–H groups in total. The third-order valence-corrected chi connectivity index (χ3v) is 10.0. The molecule has 0 aliphatic heterocycles.